The third-order valence-corrected chi connectivity index (χ3v) is 6.19. The number of methoxy groups -OCH3 is 2. The fourth-order valence-electron chi connectivity index (χ4n) is 4.29. The van der Waals surface area contributed by atoms with Gasteiger partial charge in [0.05, 0.1) is 26.0 Å². The highest BCUT2D eigenvalue weighted by Crippen LogP contribution is 2.47. The molecule has 1 amide bonds. The van der Waals surface area contributed by atoms with Gasteiger partial charge in [-0.3, -0.25) is 14.8 Å². The molecular weight excluding hydrogens is 438 g/mol. The smallest absolute Gasteiger partial charge is 0.277 e. The van der Waals surface area contributed by atoms with E-state index in [-0.39, 0.29) is 5.91 Å². The second-order valence-electron chi connectivity index (χ2n) is 7.89. The molecule has 5 rings (SSSR count). The lowest BCUT2D eigenvalue weighted by Gasteiger charge is -2.28. The SMILES string of the molecule is COc1ccc(C2c3c(-c4ccc(C)cc4)n[nH]c3C(=O)N2c2ccc(Cl)cc2)c(OC)c1. The molecule has 1 unspecified atom stereocenters. The molecule has 1 aliphatic heterocycles. The van der Waals surface area contributed by atoms with Crippen molar-refractivity contribution < 1.29 is 14.3 Å². The summed E-state index contributed by atoms with van der Waals surface area (Å²) in [6.07, 6.45) is 0. The summed E-state index contributed by atoms with van der Waals surface area (Å²) in [4.78, 5) is 15.4. The standard InChI is InChI=1S/C26H22ClN3O3/c1-15-4-6-16(7-5-15)23-22-24(29-28-23)26(31)30(18-10-8-17(27)9-11-18)25(22)20-13-12-19(32-2)14-21(20)33-3/h4-14,25H,1-3H3,(H,28,29). The van der Waals surface area contributed by atoms with Crippen LogP contribution in [0.2, 0.25) is 5.02 Å². The Kier molecular flexibility index (Phi) is 5.30. The van der Waals surface area contributed by atoms with Crippen molar-refractivity contribution in [2.24, 2.45) is 0 Å². The zero-order valence-electron chi connectivity index (χ0n) is 18.4. The van der Waals surface area contributed by atoms with Crippen LogP contribution < -0.4 is 14.4 Å². The van der Waals surface area contributed by atoms with Crippen LogP contribution in [0, 0.1) is 6.92 Å². The van der Waals surface area contributed by atoms with Crippen LogP contribution in [0.4, 0.5) is 5.69 Å². The Morgan fingerprint density at radius 2 is 1.70 bits per heavy atom. The summed E-state index contributed by atoms with van der Waals surface area (Å²) in [5.41, 5.74) is 5.64. The molecule has 3 aromatic carbocycles. The second-order valence-corrected chi connectivity index (χ2v) is 8.33. The first-order chi connectivity index (χ1) is 16.0. The van der Waals surface area contributed by atoms with Gasteiger partial charge in [-0.2, -0.15) is 5.10 Å². The molecule has 1 aromatic heterocycles. The molecule has 166 valence electrons. The molecule has 1 N–H and O–H groups in total. The summed E-state index contributed by atoms with van der Waals surface area (Å²) in [6, 6.07) is 20.5. The van der Waals surface area contributed by atoms with E-state index in [1.807, 2.05) is 61.5 Å². The molecule has 4 aromatic rings. The summed E-state index contributed by atoms with van der Waals surface area (Å²) in [7, 11) is 3.22. The van der Waals surface area contributed by atoms with E-state index in [0.29, 0.717) is 22.2 Å². The van der Waals surface area contributed by atoms with Crippen molar-refractivity contribution >= 4 is 23.2 Å². The Balaban J connectivity index is 1.74. The van der Waals surface area contributed by atoms with Crippen LogP contribution in [-0.4, -0.2) is 30.3 Å². The van der Waals surface area contributed by atoms with Gasteiger partial charge < -0.3 is 9.47 Å². The predicted octanol–water partition coefficient (Wildman–Crippen LogP) is 5.81. The van der Waals surface area contributed by atoms with Crippen molar-refractivity contribution in [1.82, 2.24) is 10.2 Å². The molecule has 0 saturated heterocycles. The van der Waals surface area contributed by atoms with Gasteiger partial charge in [0.15, 0.2) is 0 Å². The number of aryl methyl sites for hydroxylation is 1. The minimum atomic E-state index is -0.454. The highest BCUT2D eigenvalue weighted by Gasteiger charge is 2.44. The van der Waals surface area contributed by atoms with Crippen molar-refractivity contribution in [3.05, 3.63) is 94.1 Å². The predicted molar refractivity (Wildman–Crippen MR) is 128 cm³/mol. The number of amides is 1. The van der Waals surface area contributed by atoms with E-state index in [4.69, 9.17) is 21.1 Å². The monoisotopic (exact) mass is 459 g/mol. The number of carbonyl (C=O) groups excluding carboxylic acids is 1. The molecular formula is C26H22ClN3O3. The van der Waals surface area contributed by atoms with E-state index in [9.17, 15) is 4.79 Å². The quantitative estimate of drug-likeness (QED) is 0.409. The Hall–Kier alpha value is -3.77. The number of anilines is 1. The first-order valence-corrected chi connectivity index (χ1v) is 10.9. The molecule has 7 heteroatoms. The van der Waals surface area contributed by atoms with Crippen LogP contribution in [0.3, 0.4) is 0 Å². The number of aromatic nitrogens is 2. The molecule has 0 radical (unpaired) electrons. The number of nitrogens with one attached hydrogen (secondary N) is 1. The largest absolute Gasteiger partial charge is 0.497 e. The highest BCUT2D eigenvalue weighted by molar-refractivity contribution is 6.30. The number of halogens is 1. The van der Waals surface area contributed by atoms with Gasteiger partial charge in [0, 0.05) is 33.5 Å². The normalized spacial score (nSPS) is 15.0. The van der Waals surface area contributed by atoms with E-state index >= 15 is 0 Å². The number of hydrogen-bond acceptors (Lipinski definition) is 4. The highest BCUT2D eigenvalue weighted by atomic mass is 35.5. The van der Waals surface area contributed by atoms with Gasteiger partial charge in [0.2, 0.25) is 0 Å². The van der Waals surface area contributed by atoms with Crippen molar-refractivity contribution in [2.45, 2.75) is 13.0 Å². The van der Waals surface area contributed by atoms with Gasteiger partial charge in [-0.25, -0.2) is 0 Å². The Morgan fingerprint density at radius 3 is 2.36 bits per heavy atom. The molecule has 0 saturated carbocycles. The van der Waals surface area contributed by atoms with Gasteiger partial charge in [-0.15, -0.1) is 0 Å². The third-order valence-electron chi connectivity index (χ3n) is 5.93. The minimum Gasteiger partial charge on any atom is -0.497 e. The van der Waals surface area contributed by atoms with Crippen LogP contribution in [0.1, 0.15) is 33.2 Å². The van der Waals surface area contributed by atoms with Crippen molar-refractivity contribution in [3.63, 3.8) is 0 Å². The van der Waals surface area contributed by atoms with Gasteiger partial charge in [0.1, 0.15) is 17.2 Å². The van der Waals surface area contributed by atoms with Crippen molar-refractivity contribution in [1.29, 1.82) is 0 Å². The van der Waals surface area contributed by atoms with Crippen LogP contribution in [0.5, 0.6) is 11.5 Å². The van der Waals surface area contributed by atoms with E-state index in [0.717, 1.165) is 33.6 Å². The van der Waals surface area contributed by atoms with E-state index < -0.39 is 6.04 Å². The Labute approximate surface area is 196 Å². The summed E-state index contributed by atoms with van der Waals surface area (Å²) >= 11 is 6.12. The zero-order valence-corrected chi connectivity index (χ0v) is 19.2. The lowest BCUT2D eigenvalue weighted by atomic mass is 9.94. The average Bonchev–Trinajstić information content (AvgIpc) is 3.39. The van der Waals surface area contributed by atoms with Crippen molar-refractivity contribution in [2.75, 3.05) is 19.1 Å². The fraction of sp³-hybridized carbons (Fsp3) is 0.154. The Bertz CT molecular complexity index is 1330. The van der Waals surface area contributed by atoms with Gasteiger partial charge in [0.25, 0.3) is 5.91 Å². The lowest BCUT2D eigenvalue weighted by Crippen LogP contribution is -2.29. The maximum Gasteiger partial charge on any atom is 0.277 e. The number of ether oxygens (including phenoxy) is 2. The van der Waals surface area contributed by atoms with Gasteiger partial charge >= 0.3 is 0 Å². The van der Waals surface area contributed by atoms with Crippen LogP contribution in [0.15, 0.2) is 66.7 Å². The molecule has 2 heterocycles. The number of nitrogens with zero attached hydrogens (tertiary/aromatic N) is 2. The van der Waals surface area contributed by atoms with E-state index in [2.05, 4.69) is 10.2 Å². The maximum atomic E-state index is 13.6. The third kappa shape index (κ3) is 3.52. The number of hydrogen-bond donors (Lipinski definition) is 1. The summed E-state index contributed by atoms with van der Waals surface area (Å²) < 4.78 is 11.1. The maximum absolute atomic E-state index is 13.6. The first kappa shape index (κ1) is 21.1. The molecule has 0 fully saturated rings. The second kappa shape index (κ2) is 8.30. The topological polar surface area (TPSA) is 67.5 Å². The molecule has 0 spiro atoms. The van der Waals surface area contributed by atoms with E-state index in [1.165, 1.54) is 0 Å². The summed E-state index contributed by atoms with van der Waals surface area (Å²) in [6.45, 7) is 2.04. The lowest BCUT2D eigenvalue weighted by molar-refractivity contribution is 0.0988. The summed E-state index contributed by atoms with van der Waals surface area (Å²) in [5, 5.41) is 8.12. The fourth-order valence-corrected chi connectivity index (χ4v) is 4.41. The summed E-state index contributed by atoms with van der Waals surface area (Å²) in [5.74, 6) is 1.13. The Morgan fingerprint density at radius 1 is 0.970 bits per heavy atom. The molecule has 0 aliphatic carbocycles. The molecule has 6 nitrogen and oxygen atoms in total. The van der Waals surface area contributed by atoms with Crippen LogP contribution >= 0.6 is 11.6 Å². The molecule has 1 atom stereocenters. The van der Waals surface area contributed by atoms with Crippen LogP contribution in [0.25, 0.3) is 11.3 Å². The van der Waals surface area contributed by atoms with Crippen molar-refractivity contribution in [3.8, 4) is 22.8 Å². The average molecular weight is 460 g/mol. The zero-order chi connectivity index (χ0) is 23.1. The number of carbonyl (C=O) groups is 1. The van der Waals surface area contributed by atoms with Gasteiger partial charge in [-0.05, 0) is 43.3 Å². The number of benzene rings is 3. The minimum absolute atomic E-state index is 0.166. The molecule has 33 heavy (non-hydrogen) atoms. The molecule has 1 aliphatic rings. The van der Waals surface area contributed by atoms with E-state index in [1.54, 1.807) is 31.3 Å². The first-order valence-electron chi connectivity index (χ1n) is 10.5. The number of rotatable bonds is 5. The number of H-pyrrole nitrogens is 1. The molecule has 0 bridgehead atoms. The van der Waals surface area contributed by atoms with Gasteiger partial charge in [-0.1, -0.05) is 41.4 Å². The van der Waals surface area contributed by atoms with Crippen LogP contribution in [-0.2, 0) is 0 Å². The number of fused-ring (bicyclic) bond motifs is 1. The number of aromatic amines is 1.